The number of aryl methyl sites for hydroxylation is 1. The summed E-state index contributed by atoms with van der Waals surface area (Å²) in [5.74, 6) is 0.455. The number of rotatable bonds is 5. The van der Waals surface area contributed by atoms with Gasteiger partial charge in [0.1, 0.15) is 5.75 Å². The van der Waals surface area contributed by atoms with Crippen molar-refractivity contribution >= 4 is 0 Å². The van der Waals surface area contributed by atoms with E-state index in [2.05, 4.69) is 35.0 Å². The maximum atomic E-state index is 10.1. The maximum Gasteiger partial charge on any atom is 0.119 e. The van der Waals surface area contributed by atoms with Crippen molar-refractivity contribution in [2.24, 2.45) is 0 Å². The molecule has 0 amide bonds. The van der Waals surface area contributed by atoms with Crippen LogP contribution >= 0.6 is 0 Å². The summed E-state index contributed by atoms with van der Waals surface area (Å²) >= 11 is 0. The Morgan fingerprint density at radius 2 is 2.14 bits per heavy atom. The van der Waals surface area contributed by atoms with Gasteiger partial charge in [-0.15, -0.1) is 0 Å². The molecule has 3 heteroatoms. The molecule has 1 aliphatic rings. The second-order valence-electron chi connectivity index (χ2n) is 6.10. The second-order valence-corrected chi connectivity index (χ2v) is 6.10. The van der Waals surface area contributed by atoms with E-state index in [-0.39, 0.29) is 0 Å². The molecule has 1 aromatic heterocycles. The van der Waals surface area contributed by atoms with Crippen LogP contribution in [0.1, 0.15) is 36.6 Å². The largest absolute Gasteiger partial charge is 0.508 e. The van der Waals surface area contributed by atoms with Crippen molar-refractivity contribution in [3.05, 3.63) is 59.4 Å². The molecule has 0 aliphatic heterocycles. The van der Waals surface area contributed by atoms with Gasteiger partial charge in [0, 0.05) is 18.8 Å². The summed E-state index contributed by atoms with van der Waals surface area (Å²) in [4.78, 5) is 6.99. The first-order chi connectivity index (χ1) is 10.8. The minimum atomic E-state index is 0.455. The lowest BCUT2D eigenvalue weighted by atomic mass is 9.86. The quantitative estimate of drug-likeness (QED) is 0.916. The third-order valence-corrected chi connectivity index (χ3v) is 4.55. The zero-order valence-corrected chi connectivity index (χ0v) is 13.2. The first kappa shape index (κ1) is 15.0. The van der Waals surface area contributed by atoms with E-state index in [4.69, 9.17) is 0 Å². The molecule has 116 valence electrons. The van der Waals surface area contributed by atoms with Gasteiger partial charge in [-0.2, -0.15) is 0 Å². The van der Waals surface area contributed by atoms with Crippen molar-refractivity contribution in [1.29, 1.82) is 0 Å². The summed E-state index contributed by atoms with van der Waals surface area (Å²) in [5.41, 5.74) is 3.57. The van der Waals surface area contributed by atoms with Crippen molar-refractivity contribution < 1.29 is 5.11 Å². The van der Waals surface area contributed by atoms with E-state index < -0.39 is 0 Å². The van der Waals surface area contributed by atoms with Gasteiger partial charge in [-0.3, -0.25) is 9.88 Å². The standard InChI is InChI=1S/C19H24N2O/c1-2-12-21(14-16-7-3-4-11-20-16)17-10-9-15-6-5-8-19(22)18(15)13-17/h3-8,11,17,22H,2,9-10,12-14H2,1H3. The lowest BCUT2D eigenvalue weighted by molar-refractivity contribution is 0.168. The molecule has 0 bridgehead atoms. The van der Waals surface area contributed by atoms with Crippen LogP contribution in [0.15, 0.2) is 42.6 Å². The number of aromatic nitrogens is 1. The number of hydrogen-bond donors (Lipinski definition) is 1. The van der Waals surface area contributed by atoms with Gasteiger partial charge in [0.2, 0.25) is 0 Å². The van der Waals surface area contributed by atoms with Gasteiger partial charge in [0.15, 0.2) is 0 Å². The molecule has 1 N–H and O–H groups in total. The number of hydrogen-bond acceptors (Lipinski definition) is 3. The Labute approximate surface area is 132 Å². The number of benzene rings is 1. The highest BCUT2D eigenvalue weighted by Gasteiger charge is 2.25. The molecule has 0 spiro atoms. The molecule has 3 nitrogen and oxygen atoms in total. The molecule has 1 aliphatic carbocycles. The average molecular weight is 296 g/mol. The van der Waals surface area contributed by atoms with Gasteiger partial charge in [-0.25, -0.2) is 0 Å². The predicted molar refractivity (Wildman–Crippen MR) is 88.9 cm³/mol. The summed E-state index contributed by atoms with van der Waals surface area (Å²) in [6.07, 6.45) is 6.15. The van der Waals surface area contributed by atoms with E-state index in [1.54, 1.807) is 0 Å². The normalized spacial score (nSPS) is 17.5. The number of pyridine rings is 1. The third-order valence-electron chi connectivity index (χ3n) is 4.55. The van der Waals surface area contributed by atoms with E-state index in [1.807, 2.05) is 24.4 Å². The highest BCUT2D eigenvalue weighted by atomic mass is 16.3. The van der Waals surface area contributed by atoms with Gasteiger partial charge >= 0.3 is 0 Å². The Morgan fingerprint density at radius 1 is 1.23 bits per heavy atom. The fraction of sp³-hybridized carbons (Fsp3) is 0.421. The second kappa shape index (κ2) is 6.93. The molecule has 0 fully saturated rings. The van der Waals surface area contributed by atoms with Gasteiger partial charge in [-0.05, 0) is 61.6 Å². The molecule has 1 unspecified atom stereocenters. The molecule has 1 atom stereocenters. The number of nitrogens with zero attached hydrogens (tertiary/aromatic N) is 2. The van der Waals surface area contributed by atoms with Crippen molar-refractivity contribution in [3.63, 3.8) is 0 Å². The van der Waals surface area contributed by atoms with Gasteiger partial charge in [0.25, 0.3) is 0 Å². The number of aromatic hydroxyl groups is 1. The van der Waals surface area contributed by atoms with Crippen molar-refractivity contribution in [1.82, 2.24) is 9.88 Å². The Morgan fingerprint density at radius 3 is 2.91 bits per heavy atom. The van der Waals surface area contributed by atoms with E-state index >= 15 is 0 Å². The van der Waals surface area contributed by atoms with Crippen LogP contribution in [-0.2, 0) is 19.4 Å². The predicted octanol–water partition coefficient (Wildman–Crippen LogP) is 3.56. The molecular weight excluding hydrogens is 272 g/mol. The third kappa shape index (κ3) is 3.30. The lowest BCUT2D eigenvalue weighted by Gasteiger charge is -2.35. The van der Waals surface area contributed by atoms with Crippen LogP contribution in [0.5, 0.6) is 5.75 Å². The van der Waals surface area contributed by atoms with Crippen LogP contribution in [0.25, 0.3) is 0 Å². The average Bonchev–Trinajstić information content (AvgIpc) is 2.56. The minimum Gasteiger partial charge on any atom is -0.508 e. The van der Waals surface area contributed by atoms with Crippen molar-refractivity contribution in [2.75, 3.05) is 6.54 Å². The van der Waals surface area contributed by atoms with Crippen LogP contribution in [0.2, 0.25) is 0 Å². The van der Waals surface area contributed by atoms with Crippen molar-refractivity contribution in [3.8, 4) is 5.75 Å². The summed E-state index contributed by atoms with van der Waals surface area (Å²) in [5, 5.41) is 10.1. The zero-order valence-electron chi connectivity index (χ0n) is 13.2. The van der Waals surface area contributed by atoms with Gasteiger partial charge in [0.05, 0.1) is 5.69 Å². The molecule has 1 heterocycles. The summed E-state index contributed by atoms with van der Waals surface area (Å²) < 4.78 is 0. The smallest absolute Gasteiger partial charge is 0.119 e. The number of fused-ring (bicyclic) bond motifs is 1. The highest BCUT2D eigenvalue weighted by molar-refractivity contribution is 5.41. The first-order valence-corrected chi connectivity index (χ1v) is 8.21. The Balaban J connectivity index is 1.77. The maximum absolute atomic E-state index is 10.1. The minimum absolute atomic E-state index is 0.455. The lowest BCUT2D eigenvalue weighted by Crippen LogP contribution is -2.39. The molecule has 22 heavy (non-hydrogen) atoms. The van der Waals surface area contributed by atoms with E-state index in [0.717, 1.165) is 50.0 Å². The topological polar surface area (TPSA) is 36.4 Å². The van der Waals surface area contributed by atoms with Gasteiger partial charge in [-0.1, -0.05) is 25.1 Å². The molecule has 0 radical (unpaired) electrons. The molecule has 1 aromatic carbocycles. The SMILES string of the molecule is CCCN(Cc1ccccn1)C1CCc2cccc(O)c2C1. The van der Waals surface area contributed by atoms with E-state index in [1.165, 1.54) is 5.56 Å². The molecule has 0 saturated heterocycles. The van der Waals surface area contributed by atoms with Crippen LogP contribution in [-0.4, -0.2) is 27.6 Å². The first-order valence-electron chi connectivity index (χ1n) is 8.21. The van der Waals surface area contributed by atoms with Crippen LogP contribution in [0, 0.1) is 0 Å². The molecule has 0 saturated carbocycles. The highest BCUT2D eigenvalue weighted by Crippen LogP contribution is 2.31. The molecular formula is C19H24N2O. The van der Waals surface area contributed by atoms with Crippen LogP contribution in [0.4, 0.5) is 0 Å². The Hall–Kier alpha value is -1.87. The zero-order chi connectivity index (χ0) is 15.4. The fourth-order valence-electron chi connectivity index (χ4n) is 3.44. The van der Waals surface area contributed by atoms with Crippen LogP contribution < -0.4 is 0 Å². The summed E-state index contributed by atoms with van der Waals surface area (Å²) in [6, 6.07) is 12.5. The summed E-state index contributed by atoms with van der Waals surface area (Å²) in [7, 11) is 0. The van der Waals surface area contributed by atoms with Crippen LogP contribution in [0.3, 0.4) is 0 Å². The van der Waals surface area contributed by atoms with Gasteiger partial charge < -0.3 is 5.11 Å². The molecule has 3 rings (SSSR count). The fourth-order valence-corrected chi connectivity index (χ4v) is 3.44. The van der Waals surface area contributed by atoms with E-state index in [9.17, 15) is 5.11 Å². The Bertz CT molecular complexity index is 612. The summed E-state index contributed by atoms with van der Waals surface area (Å²) in [6.45, 7) is 4.19. The number of phenolic OH excluding ortho intramolecular Hbond substituents is 1. The van der Waals surface area contributed by atoms with E-state index in [0.29, 0.717) is 11.8 Å². The Kier molecular flexibility index (Phi) is 4.74. The number of phenols is 1. The monoisotopic (exact) mass is 296 g/mol. The van der Waals surface area contributed by atoms with Crippen molar-refractivity contribution in [2.45, 2.75) is 45.2 Å². The molecule has 2 aromatic rings.